The third-order valence-electron chi connectivity index (χ3n) is 2.05. The van der Waals surface area contributed by atoms with Crippen LogP contribution in [0, 0.1) is 9.39 Å². The third kappa shape index (κ3) is 2.59. The highest BCUT2D eigenvalue weighted by Crippen LogP contribution is 2.28. The summed E-state index contributed by atoms with van der Waals surface area (Å²) < 4.78 is 51.5. The molecule has 1 heterocycles. The van der Waals surface area contributed by atoms with Crippen molar-refractivity contribution in [3.8, 4) is 5.69 Å². The Morgan fingerprint density at radius 3 is 2.41 bits per heavy atom. The first-order chi connectivity index (χ1) is 7.88. The molecule has 2 rings (SSSR count). The lowest BCUT2D eigenvalue weighted by Gasteiger charge is -2.03. The number of hydrogen-bond acceptors (Lipinski definition) is 1. The molecule has 17 heavy (non-hydrogen) atoms. The molecule has 0 aliphatic heterocycles. The van der Waals surface area contributed by atoms with Crippen molar-refractivity contribution in [3.63, 3.8) is 0 Å². The van der Waals surface area contributed by atoms with Gasteiger partial charge >= 0.3 is 6.18 Å². The maximum Gasteiger partial charge on any atom is 0.435 e. The lowest BCUT2D eigenvalue weighted by atomic mass is 10.3. The van der Waals surface area contributed by atoms with Crippen molar-refractivity contribution in [1.29, 1.82) is 0 Å². The maximum absolute atomic E-state index is 13.2. The second-order valence-electron chi connectivity index (χ2n) is 3.24. The van der Waals surface area contributed by atoms with Gasteiger partial charge in [0, 0.05) is 15.8 Å². The number of hydrogen-bond donors (Lipinski definition) is 0. The normalized spacial score (nSPS) is 11.8. The summed E-state index contributed by atoms with van der Waals surface area (Å²) in [5.74, 6) is -0.493. The van der Waals surface area contributed by atoms with Crippen LogP contribution in [0.4, 0.5) is 17.6 Å². The van der Waals surface area contributed by atoms with Gasteiger partial charge in [-0.2, -0.15) is 18.3 Å². The van der Waals surface area contributed by atoms with E-state index in [2.05, 4.69) is 5.10 Å². The highest BCUT2D eigenvalue weighted by molar-refractivity contribution is 14.1. The summed E-state index contributed by atoms with van der Waals surface area (Å²) in [6.07, 6.45) is -3.35. The number of alkyl halides is 3. The largest absolute Gasteiger partial charge is 0.435 e. The van der Waals surface area contributed by atoms with Crippen molar-refractivity contribution in [2.24, 2.45) is 0 Å². The van der Waals surface area contributed by atoms with Crippen LogP contribution in [-0.2, 0) is 6.18 Å². The second-order valence-corrected chi connectivity index (χ2v) is 4.40. The van der Waals surface area contributed by atoms with Crippen LogP contribution in [0.5, 0.6) is 0 Å². The van der Waals surface area contributed by atoms with E-state index in [4.69, 9.17) is 0 Å². The first kappa shape index (κ1) is 12.3. The summed E-state index contributed by atoms with van der Waals surface area (Å²) in [7, 11) is 0. The van der Waals surface area contributed by atoms with E-state index in [0.29, 0.717) is 3.57 Å². The van der Waals surface area contributed by atoms with E-state index < -0.39 is 17.7 Å². The van der Waals surface area contributed by atoms with Gasteiger partial charge in [-0.1, -0.05) is 0 Å². The summed E-state index contributed by atoms with van der Waals surface area (Å²) in [6.45, 7) is 0. The van der Waals surface area contributed by atoms with E-state index in [1.54, 1.807) is 22.6 Å². The lowest BCUT2D eigenvalue weighted by Crippen LogP contribution is -2.07. The first-order valence-corrected chi connectivity index (χ1v) is 5.54. The highest BCUT2D eigenvalue weighted by Gasteiger charge is 2.33. The van der Waals surface area contributed by atoms with Gasteiger partial charge in [0.25, 0.3) is 0 Å². The van der Waals surface area contributed by atoms with Crippen molar-refractivity contribution >= 4 is 22.6 Å². The molecule has 0 spiro atoms. The van der Waals surface area contributed by atoms with Gasteiger partial charge in [-0.15, -0.1) is 0 Å². The van der Waals surface area contributed by atoms with Gasteiger partial charge in [0.15, 0.2) is 5.69 Å². The molecule has 0 unspecified atom stereocenters. The molecule has 0 bridgehead atoms. The van der Waals surface area contributed by atoms with Crippen LogP contribution in [0.2, 0.25) is 0 Å². The van der Waals surface area contributed by atoms with Gasteiger partial charge in [-0.05, 0) is 40.8 Å². The maximum atomic E-state index is 13.2. The molecule has 2 nitrogen and oxygen atoms in total. The Bertz CT molecular complexity index is 547. The van der Waals surface area contributed by atoms with Crippen molar-refractivity contribution in [2.75, 3.05) is 0 Å². The summed E-state index contributed by atoms with van der Waals surface area (Å²) >= 11 is 1.79. The molecule has 0 radical (unpaired) electrons. The minimum atomic E-state index is -4.49. The molecule has 0 aliphatic rings. The fraction of sp³-hybridized carbons (Fsp3) is 0.100. The molecule has 7 heteroatoms. The first-order valence-electron chi connectivity index (χ1n) is 4.46. The van der Waals surface area contributed by atoms with E-state index in [0.717, 1.165) is 23.0 Å². The zero-order valence-corrected chi connectivity index (χ0v) is 10.3. The molecule has 0 saturated carbocycles. The molecule has 1 aromatic heterocycles. The van der Waals surface area contributed by atoms with Crippen LogP contribution in [0.1, 0.15) is 5.69 Å². The molecule has 0 N–H and O–H groups in total. The summed E-state index contributed by atoms with van der Waals surface area (Å²) in [5.41, 5.74) is -0.755. The Labute approximate surface area is 107 Å². The topological polar surface area (TPSA) is 17.8 Å². The Morgan fingerprint density at radius 2 is 1.88 bits per heavy atom. The zero-order valence-electron chi connectivity index (χ0n) is 8.17. The number of rotatable bonds is 1. The molecule has 0 saturated heterocycles. The fourth-order valence-electron chi connectivity index (χ4n) is 1.25. The summed E-state index contributed by atoms with van der Waals surface area (Å²) in [5, 5.41) is 3.35. The van der Waals surface area contributed by atoms with Gasteiger partial charge in [0.1, 0.15) is 5.82 Å². The molecule has 0 atom stereocenters. The molecule has 1 aromatic carbocycles. The van der Waals surface area contributed by atoms with Gasteiger partial charge in [-0.3, -0.25) is 0 Å². The third-order valence-corrected chi connectivity index (χ3v) is 2.92. The monoisotopic (exact) mass is 356 g/mol. The van der Waals surface area contributed by atoms with Gasteiger partial charge in [0.2, 0.25) is 0 Å². The van der Waals surface area contributed by atoms with Gasteiger partial charge in [0.05, 0.1) is 5.69 Å². The zero-order chi connectivity index (χ0) is 12.6. The molecule has 0 aliphatic carbocycles. The molecule has 2 aromatic rings. The molecule has 0 fully saturated rings. The van der Waals surface area contributed by atoms with E-state index in [1.807, 2.05) is 0 Å². The SMILES string of the molecule is Fc1cc(-n2ccc(C(F)(F)F)n2)ccc1I. The predicted octanol–water partition coefficient (Wildman–Crippen LogP) is 3.63. The van der Waals surface area contributed by atoms with E-state index in [9.17, 15) is 17.6 Å². The smallest absolute Gasteiger partial charge is 0.240 e. The van der Waals surface area contributed by atoms with Crippen molar-refractivity contribution in [2.45, 2.75) is 6.18 Å². The number of nitrogens with zero attached hydrogens (tertiary/aromatic N) is 2. The molecular weight excluding hydrogens is 351 g/mol. The van der Waals surface area contributed by atoms with Crippen molar-refractivity contribution < 1.29 is 17.6 Å². The van der Waals surface area contributed by atoms with Crippen molar-refractivity contribution in [1.82, 2.24) is 9.78 Å². The van der Waals surface area contributed by atoms with Gasteiger partial charge < -0.3 is 0 Å². The minimum absolute atomic E-state index is 0.249. The van der Waals surface area contributed by atoms with Crippen LogP contribution in [0.3, 0.4) is 0 Å². The van der Waals surface area contributed by atoms with Gasteiger partial charge in [-0.25, -0.2) is 9.07 Å². The fourth-order valence-corrected chi connectivity index (χ4v) is 1.58. The van der Waals surface area contributed by atoms with Crippen LogP contribution in [-0.4, -0.2) is 9.78 Å². The van der Waals surface area contributed by atoms with E-state index in [1.165, 1.54) is 12.1 Å². The Balaban J connectivity index is 2.40. The van der Waals surface area contributed by atoms with E-state index in [-0.39, 0.29) is 5.69 Å². The molecule has 0 amide bonds. The standard InChI is InChI=1S/C10H5F4IN2/c11-7-5-6(1-2-8(7)15)17-4-3-9(16-17)10(12,13)14/h1-5H. The van der Waals surface area contributed by atoms with Crippen LogP contribution in [0.15, 0.2) is 30.5 Å². The Hall–Kier alpha value is -1.12. The second kappa shape index (κ2) is 4.28. The minimum Gasteiger partial charge on any atom is -0.240 e. The average molecular weight is 356 g/mol. The van der Waals surface area contributed by atoms with Crippen LogP contribution in [0.25, 0.3) is 5.69 Å². The summed E-state index contributed by atoms with van der Waals surface area (Å²) in [4.78, 5) is 0. The number of halogens is 5. The Kier molecular flexibility index (Phi) is 3.11. The highest BCUT2D eigenvalue weighted by atomic mass is 127. The Morgan fingerprint density at radius 1 is 1.18 bits per heavy atom. The van der Waals surface area contributed by atoms with E-state index >= 15 is 0 Å². The molecule has 90 valence electrons. The lowest BCUT2D eigenvalue weighted by molar-refractivity contribution is -0.141. The summed E-state index contributed by atoms with van der Waals surface area (Å²) in [6, 6.07) is 4.95. The molecular formula is C10H5F4IN2. The predicted molar refractivity (Wildman–Crippen MR) is 61.2 cm³/mol. The number of benzene rings is 1. The van der Waals surface area contributed by atoms with Crippen LogP contribution < -0.4 is 0 Å². The van der Waals surface area contributed by atoms with Crippen LogP contribution >= 0.6 is 22.6 Å². The van der Waals surface area contributed by atoms with Crippen molar-refractivity contribution in [3.05, 3.63) is 45.5 Å². The quantitative estimate of drug-likeness (QED) is 0.564. The average Bonchev–Trinajstić information content (AvgIpc) is 2.70. The number of aromatic nitrogens is 2.